The molecule has 180 valence electrons. The molecule has 14 heteroatoms. The number of ether oxygens (including phenoxy) is 1. The number of amides is 2. The molecule has 0 spiro atoms. The van der Waals surface area contributed by atoms with Crippen LogP contribution in [0.25, 0.3) is 5.52 Å². The summed E-state index contributed by atoms with van der Waals surface area (Å²) in [5.74, 6) is -2.04. The number of aromatic nitrogens is 4. The smallest absolute Gasteiger partial charge is 0.418 e. The summed E-state index contributed by atoms with van der Waals surface area (Å²) in [4.78, 5) is 24.7. The minimum Gasteiger partial charge on any atom is -0.494 e. The second-order valence-electron chi connectivity index (χ2n) is 7.43. The van der Waals surface area contributed by atoms with Crippen LogP contribution in [0, 0.1) is 5.92 Å². The highest BCUT2D eigenvalue weighted by Crippen LogP contribution is 2.41. The van der Waals surface area contributed by atoms with E-state index in [0.717, 1.165) is 13.2 Å². The van der Waals surface area contributed by atoms with E-state index in [9.17, 15) is 27.9 Å². The van der Waals surface area contributed by atoms with Crippen LogP contribution in [0.3, 0.4) is 0 Å². The van der Waals surface area contributed by atoms with Crippen molar-refractivity contribution in [3.05, 3.63) is 35.8 Å². The van der Waals surface area contributed by atoms with E-state index in [1.54, 1.807) is 5.32 Å². The monoisotopic (exact) mass is 482 g/mol. The summed E-state index contributed by atoms with van der Waals surface area (Å²) in [5, 5.41) is 28.4. The highest BCUT2D eigenvalue weighted by atomic mass is 19.4. The van der Waals surface area contributed by atoms with Crippen LogP contribution in [-0.2, 0) is 4.79 Å². The predicted octanol–water partition coefficient (Wildman–Crippen LogP) is 2.18. The van der Waals surface area contributed by atoms with Gasteiger partial charge in [-0.1, -0.05) is 0 Å². The maximum absolute atomic E-state index is 13.2. The fourth-order valence-corrected chi connectivity index (χ4v) is 3.26. The van der Waals surface area contributed by atoms with Gasteiger partial charge in [0.25, 0.3) is 5.91 Å². The van der Waals surface area contributed by atoms with E-state index in [1.807, 2.05) is 0 Å². The molecule has 1 fully saturated rings. The second-order valence-corrected chi connectivity index (χ2v) is 7.43. The molecule has 3 heterocycles. The first kappa shape index (κ1) is 19.5. The SMILES string of the molecule is [2H]C([2H])([2H])NC(=O)c1nnc(NC(=O)C2CC2)cc1Nc1cnn2ccc([C@H](O)C(F)(F)F)c(OC)c12. The lowest BCUT2D eigenvalue weighted by atomic mass is 10.1. The Hall–Kier alpha value is -3.94. The number of halogens is 3. The molecule has 1 aliphatic carbocycles. The number of rotatable bonds is 7. The molecule has 0 bridgehead atoms. The zero-order valence-electron chi connectivity index (χ0n) is 20.5. The number of aliphatic hydroxyl groups excluding tert-OH is 1. The molecular weight excluding hydrogens is 459 g/mol. The first-order chi connectivity index (χ1) is 17.3. The number of carbonyl (C=O) groups is 2. The molecule has 0 unspecified atom stereocenters. The molecule has 0 aliphatic heterocycles. The van der Waals surface area contributed by atoms with Crippen LogP contribution in [0.2, 0.25) is 0 Å². The lowest BCUT2D eigenvalue weighted by Gasteiger charge is -2.19. The maximum atomic E-state index is 13.2. The Kier molecular flexibility index (Phi) is 5.04. The Bertz CT molecular complexity index is 1360. The van der Waals surface area contributed by atoms with E-state index >= 15 is 0 Å². The number of anilines is 3. The Labute approximate surface area is 194 Å². The fraction of sp³-hybridized carbons (Fsp3) is 0.350. The van der Waals surface area contributed by atoms with Crippen molar-refractivity contribution in [1.29, 1.82) is 0 Å². The van der Waals surface area contributed by atoms with Gasteiger partial charge in [-0.3, -0.25) is 9.59 Å². The highest BCUT2D eigenvalue weighted by molar-refractivity contribution is 6.00. The zero-order valence-corrected chi connectivity index (χ0v) is 17.5. The topological polar surface area (TPSA) is 143 Å². The van der Waals surface area contributed by atoms with Crippen molar-refractivity contribution in [2.45, 2.75) is 25.1 Å². The summed E-state index contributed by atoms with van der Waals surface area (Å²) in [6.45, 7) is -2.86. The zero-order chi connectivity index (χ0) is 27.1. The number of methoxy groups -OCH3 is 1. The molecule has 1 atom stereocenters. The van der Waals surface area contributed by atoms with Crippen molar-refractivity contribution in [2.75, 3.05) is 24.7 Å². The van der Waals surface area contributed by atoms with Gasteiger partial charge in [-0.05, 0) is 18.9 Å². The quantitative estimate of drug-likeness (QED) is 0.401. The van der Waals surface area contributed by atoms with Crippen LogP contribution >= 0.6 is 0 Å². The van der Waals surface area contributed by atoms with Gasteiger partial charge >= 0.3 is 6.18 Å². The van der Waals surface area contributed by atoms with Crippen LogP contribution in [-0.4, -0.2) is 57.0 Å². The van der Waals surface area contributed by atoms with Gasteiger partial charge in [0.15, 0.2) is 23.4 Å². The van der Waals surface area contributed by atoms with Crippen LogP contribution in [0.1, 0.15) is 39.1 Å². The van der Waals surface area contributed by atoms with Gasteiger partial charge in [-0.2, -0.15) is 18.3 Å². The van der Waals surface area contributed by atoms with Gasteiger partial charge < -0.3 is 25.8 Å². The van der Waals surface area contributed by atoms with Gasteiger partial charge in [0.2, 0.25) is 5.91 Å². The lowest BCUT2D eigenvalue weighted by Crippen LogP contribution is -2.22. The first-order valence-corrected chi connectivity index (χ1v) is 9.85. The second kappa shape index (κ2) is 8.78. The summed E-state index contributed by atoms with van der Waals surface area (Å²) in [5.41, 5.74) is -1.22. The molecule has 0 saturated heterocycles. The van der Waals surface area contributed by atoms with E-state index < -0.39 is 36.4 Å². The number of fused-ring (bicyclic) bond motifs is 1. The number of hydrogen-bond acceptors (Lipinski definition) is 8. The van der Waals surface area contributed by atoms with E-state index in [1.165, 1.54) is 23.0 Å². The van der Waals surface area contributed by atoms with E-state index in [4.69, 9.17) is 8.85 Å². The van der Waals surface area contributed by atoms with Crippen molar-refractivity contribution in [2.24, 2.45) is 5.92 Å². The normalized spacial score (nSPS) is 16.2. The third-order valence-electron chi connectivity index (χ3n) is 5.07. The summed E-state index contributed by atoms with van der Waals surface area (Å²) in [7, 11) is 1.10. The van der Waals surface area contributed by atoms with E-state index in [2.05, 4.69) is 25.9 Å². The molecule has 1 saturated carbocycles. The van der Waals surface area contributed by atoms with Crippen molar-refractivity contribution in [3.63, 3.8) is 0 Å². The third kappa shape index (κ3) is 4.44. The van der Waals surface area contributed by atoms with Crippen LogP contribution in [0.4, 0.5) is 30.4 Å². The highest BCUT2D eigenvalue weighted by Gasteiger charge is 2.41. The van der Waals surface area contributed by atoms with Crippen molar-refractivity contribution >= 4 is 34.5 Å². The summed E-state index contributed by atoms with van der Waals surface area (Å²) in [6, 6.07) is 2.21. The van der Waals surface area contributed by atoms with E-state index in [-0.39, 0.29) is 40.3 Å². The Morgan fingerprint density at radius 2 is 2.09 bits per heavy atom. The average Bonchev–Trinajstić information content (AvgIpc) is 3.58. The largest absolute Gasteiger partial charge is 0.494 e. The van der Waals surface area contributed by atoms with Crippen LogP contribution < -0.4 is 20.7 Å². The van der Waals surface area contributed by atoms with Crippen LogP contribution in [0.5, 0.6) is 5.75 Å². The molecule has 3 aromatic heterocycles. The Morgan fingerprint density at radius 1 is 1.32 bits per heavy atom. The van der Waals surface area contributed by atoms with Crippen molar-refractivity contribution in [1.82, 2.24) is 25.1 Å². The molecular formula is C20H20F3N7O4. The predicted molar refractivity (Wildman–Crippen MR) is 113 cm³/mol. The molecule has 34 heavy (non-hydrogen) atoms. The lowest BCUT2D eigenvalue weighted by molar-refractivity contribution is -0.207. The first-order valence-electron chi connectivity index (χ1n) is 11.4. The van der Waals surface area contributed by atoms with Gasteiger partial charge in [-0.25, -0.2) is 4.52 Å². The van der Waals surface area contributed by atoms with Gasteiger partial charge in [0, 0.05) is 34.8 Å². The molecule has 0 radical (unpaired) electrons. The van der Waals surface area contributed by atoms with Crippen molar-refractivity contribution in [3.8, 4) is 5.75 Å². The molecule has 1 aliphatic rings. The number of nitrogens with zero attached hydrogens (tertiary/aromatic N) is 4. The molecule has 11 nitrogen and oxygen atoms in total. The molecule has 4 rings (SSSR count). The van der Waals surface area contributed by atoms with Gasteiger partial charge in [-0.15, -0.1) is 10.2 Å². The molecule has 3 aromatic rings. The Balaban J connectivity index is 1.78. The number of hydrogen-bond donors (Lipinski definition) is 4. The fourth-order valence-electron chi connectivity index (χ4n) is 3.26. The standard InChI is InChI=1S/C20H20F3N7O4/c1-24-19(33)14-11(7-13(28-29-14)27-18(32)9-3-4-9)26-12-8-25-30-6-5-10(16(34-2)15(12)30)17(31)20(21,22)23/h5-9,17,31H,3-4H2,1-2H3,(H,24,33)(H2,26,27,28,32)/t17-/m0/s1/i1D3. The number of pyridine rings is 1. The summed E-state index contributed by atoms with van der Waals surface area (Å²) in [6.07, 6.45) is -4.06. The minimum atomic E-state index is -4.98. The average molecular weight is 482 g/mol. The number of carbonyl (C=O) groups excluding carboxylic acids is 2. The Morgan fingerprint density at radius 3 is 2.74 bits per heavy atom. The third-order valence-corrected chi connectivity index (χ3v) is 5.07. The summed E-state index contributed by atoms with van der Waals surface area (Å²) >= 11 is 0. The molecule has 0 aromatic carbocycles. The van der Waals surface area contributed by atoms with Gasteiger partial charge in [0.1, 0.15) is 5.52 Å². The summed E-state index contributed by atoms with van der Waals surface area (Å²) < 4.78 is 67.8. The maximum Gasteiger partial charge on any atom is 0.418 e. The van der Waals surface area contributed by atoms with Gasteiger partial charge in [0.05, 0.1) is 24.7 Å². The number of nitrogens with one attached hydrogen (secondary N) is 3. The molecule has 2 amide bonds. The number of alkyl halides is 3. The van der Waals surface area contributed by atoms with E-state index in [0.29, 0.717) is 12.8 Å². The number of aliphatic hydroxyl groups is 1. The molecule has 4 N–H and O–H groups in total. The van der Waals surface area contributed by atoms with Crippen LogP contribution in [0.15, 0.2) is 24.5 Å². The van der Waals surface area contributed by atoms with Crippen molar-refractivity contribution < 1.29 is 36.7 Å². The minimum absolute atomic E-state index is 0.0171.